The summed E-state index contributed by atoms with van der Waals surface area (Å²) in [6, 6.07) is 14.9. The van der Waals surface area contributed by atoms with Crippen LogP contribution in [0.25, 0.3) is 22.3 Å². The Bertz CT molecular complexity index is 2160. The lowest BCUT2D eigenvalue weighted by Gasteiger charge is -2.16. The zero-order valence-electron chi connectivity index (χ0n) is 28.5. The van der Waals surface area contributed by atoms with Crippen LogP contribution in [0.3, 0.4) is 0 Å². The van der Waals surface area contributed by atoms with E-state index in [0.29, 0.717) is 44.7 Å². The van der Waals surface area contributed by atoms with Gasteiger partial charge in [-0.3, -0.25) is 14.4 Å². The van der Waals surface area contributed by atoms with Crippen LogP contribution in [-0.2, 0) is 0 Å². The van der Waals surface area contributed by atoms with E-state index >= 15 is 0 Å². The van der Waals surface area contributed by atoms with Crippen molar-refractivity contribution in [2.24, 2.45) is 10.8 Å². The van der Waals surface area contributed by atoms with Gasteiger partial charge in [-0.1, -0.05) is 90.1 Å². The predicted molar refractivity (Wildman–Crippen MR) is 185 cm³/mol. The molecule has 6 rings (SSSR count). The highest BCUT2D eigenvalue weighted by atomic mass is 16.3. The number of aliphatic hydroxyl groups is 1. The Morgan fingerprint density at radius 1 is 0.667 bits per heavy atom. The van der Waals surface area contributed by atoms with E-state index < -0.39 is 16.9 Å². The number of aryl methyl sites for hydroxylation is 2. The molecule has 1 unspecified atom stereocenters. The van der Waals surface area contributed by atoms with Crippen molar-refractivity contribution in [3.8, 4) is 0 Å². The maximum Gasteiger partial charge on any atom is 0.213 e. The summed E-state index contributed by atoms with van der Waals surface area (Å²) >= 11 is 0. The van der Waals surface area contributed by atoms with Gasteiger partial charge in [0.2, 0.25) is 5.78 Å². The van der Waals surface area contributed by atoms with Gasteiger partial charge >= 0.3 is 0 Å². The third-order valence-electron chi connectivity index (χ3n) is 8.02. The number of aromatic amines is 2. The zero-order chi connectivity index (χ0) is 35.0. The molecule has 0 saturated heterocycles. The molecule has 0 aliphatic heterocycles. The molecule has 3 N–H and O–H groups in total. The monoisotopic (exact) mass is 644 g/mol. The van der Waals surface area contributed by atoms with Crippen LogP contribution < -0.4 is 0 Å². The summed E-state index contributed by atoms with van der Waals surface area (Å²) in [5, 5.41) is 10.7. The lowest BCUT2D eigenvalue weighted by atomic mass is 9.87. The highest BCUT2D eigenvalue weighted by Gasteiger charge is 2.28. The Morgan fingerprint density at radius 2 is 1.17 bits per heavy atom. The van der Waals surface area contributed by atoms with Crippen LogP contribution in [0.4, 0.5) is 0 Å². The number of rotatable bonds is 6. The first-order chi connectivity index (χ1) is 22.6. The molecule has 0 spiro atoms. The number of H-pyrrole nitrogens is 2. The third kappa shape index (κ3) is 6.84. The average molecular weight is 645 g/mol. The summed E-state index contributed by atoms with van der Waals surface area (Å²) in [5.74, 6) is -0.244. The number of nitrogens with one attached hydrogen (secondary N) is 2. The van der Waals surface area contributed by atoms with Gasteiger partial charge in [-0.05, 0) is 30.5 Å². The number of fused-ring (bicyclic) bond motifs is 2. The number of carbonyl (C=O) groups is 3. The molecule has 0 radical (unpaired) electrons. The van der Waals surface area contributed by atoms with Crippen molar-refractivity contribution in [1.82, 2.24) is 29.9 Å². The lowest BCUT2D eigenvalue weighted by Crippen LogP contribution is -2.20. The topological polar surface area (TPSA) is 155 Å². The SMILES string of the molecule is Cc1ccccc1C(=O)c1cnc2[nH]cc(C(=O)C(C)(C)C)c2n1.Cc1ccccc1C(O)c1cnc2[nH]cc(C(=O)C(C)(C)C)c2n1. The number of aliphatic hydroxyl groups excluding tert-OH is 1. The van der Waals surface area contributed by atoms with E-state index in [0.717, 1.165) is 16.7 Å². The van der Waals surface area contributed by atoms with E-state index in [1.165, 1.54) is 6.20 Å². The highest BCUT2D eigenvalue weighted by molar-refractivity contribution is 6.11. The lowest BCUT2D eigenvalue weighted by molar-refractivity contribution is 0.0854. The van der Waals surface area contributed by atoms with E-state index in [-0.39, 0.29) is 23.0 Å². The van der Waals surface area contributed by atoms with Crippen LogP contribution in [0.1, 0.15) is 107 Å². The Morgan fingerprint density at radius 3 is 1.71 bits per heavy atom. The Kier molecular flexibility index (Phi) is 9.24. The van der Waals surface area contributed by atoms with Crippen LogP contribution in [0.2, 0.25) is 0 Å². The highest BCUT2D eigenvalue weighted by Crippen LogP contribution is 2.29. The molecule has 0 bridgehead atoms. The van der Waals surface area contributed by atoms with E-state index in [9.17, 15) is 19.5 Å². The predicted octanol–water partition coefficient (Wildman–Crippen LogP) is 7.30. The van der Waals surface area contributed by atoms with Crippen LogP contribution in [-0.4, -0.2) is 52.4 Å². The molecule has 10 heteroatoms. The van der Waals surface area contributed by atoms with Crippen LogP contribution in [0.15, 0.2) is 73.3 Å². The maximum atomic E-state index is 12.7. The summed E-state index contributed by atoms with van der Waals surface area (Å²) in [6.07, 6.45) is 5.36. The molecule has 246 valence electrons. The van der Waals surface area contributed by atoms with E-state index in [4.69, 9.17) is 0 Å². The van der Waals surface area contributed by atoms with Crippen molar-refractivity contribution in [1.29, 1.82) is 0 Å². The second-order valence-electron chi connectivity index (χ2n) is 13.9. The minimum absolute atomic E-state index is 0.00872. The van der Waals surface area contributed by atoms with Crippen LogP contribution >= 0.6 is 0 Å². The average Bonchev–Trinajstić information content (AvgIpc) is 3.67. The summed E-state index contributed by atoms with van der Waals surface area (Å²) in [4.78, 5) is 61.3. The summed E-state index contributed by atoms with van der Waals surface area (Å²) in [5.41, 5.74) is 5.80. The summed E-state index contributed by atoms with van der Waals surface area (Å²) in [7, 11) is 0. The van der Waals surface area contributed by atoms with Gasteiger partial charge in [-0.15, -0.1) is 0 Å². The molecule has 4 aromatic heterocycles. The number of nitrogens with zero attached hydrogens (tertiary/aromatic N) is 4. The number of ketones is 3. The Hall–Kier alpha value is -5.35. The van der Waals surface area contributed by atoms with Crippen molar-refractivity contribution in [2.75, 3.05) is 0 Å². The Labute approximate surface area is 279 Å². The van der Waals surface area contributed by atoms with Gasteiger partial charge in [-0.25, -0.2) is 19.9 Å². The van der Waals surface area contributed by atoms with Gasteiger partial charge in [0.1, 0.15) is 22.8 Å². The molecule has 0 aliphatic rings. The summed E-state index contributed by atoms with van der Waals surface area (Å²) < 4.78 is 0. The molecule has 0 aliphatic carbocycles. The van der Waals surface area contributed by atoms with Crippen molar-refractivity contribution in [3.05, 3.63) is 118 Å². The molecule has 0 amide bonds. The number of benzene rings is 2. The molecule has 1 atom stereocenters. The minimum atomic E-state index is -0.879. The molecule has 6 aromatic rings. The Balaban J connectivity index is 0.000000188. The smallest absolute Gasteiger partial charge is 0.213 e. The van der Waals surface area contributed by atoms with Gasteiger partial charge in [0, 0.05) is 28.8 Å². The molecule has 10 nitrogen and oxygen atoms in total. The quantitative estimate of drug-likeness (QED) is 0.160. The van der Waals surface area contributed by atoms with E-state index in [2.05, 4.69) is 29.9 Å². The molecular formula is C38H40N6O4. The third-order valence-corrected chi connectivity index (χ3v) is 8.02. The maximum absolute atomic E-state index is 12.7. The van der Waals surface area contributed by atoms with Crippen molar-refractivity contribution >= 4 is 39.7 Å². The van der Waals surface area contributed by atoms with Crippen LogP contribution in [0.5, 0.6) is 0 Å². The van der Waals surface area contributed by atoms with Crippen molar-refractivity contribution in [3.63, 3.8) is 0 Å². The van der Waals surface area contributed by atoms with E-state index in [1.54, 1.807) is 24.7 Å². The number of aromatic nitrogens is 6. The standard InChI is InChI=1S/C19H21N3O2.C19H19N3O2/c2*1-11-7-5-6-8-12(11)16(23)14-10-21-18-15(22-14)13(9-20-18)17(24)19(2,3)4/h5-10,16,23H,1-4H3,(H,20,21);5-10H,1-4H3,(H,20,21). The van der Waals surface area contributed by atoms with Gasteiger partial charge in [0.25, 0.3) is 0 Å². The first kappa shape index (κ1) is 34.0. The fourth-order valence-corrected chi connectivity index (χ4v) is 5.21. The largest absolute Gasteiger partial charge is 0.382 e. The molecule has 0 saturated carbocycles. The molecular weight excluding hydrogens is 604 g/mol. The van der Waals surface area contributed by atoms with Crippen LogP contribution in [0, 0.1) is 24.7 Å². The van der Waals surface area contributed by atoms with Gasteiger partial charge < -0.3 is 15.1 Å². The van der Waals surface area contributed by atoms with Gasteiger partial charge in [0.15, 0.2) is 22.9 Å². The second kappa shape index (κ2) is 13.0. The fraction of sp³-hybridized carbons (Fsp3) is 0.289. The summed E-state index contributed by atoms with van der Waals surface area (Å²) in [6.45, 7) is 15.0. The van der Waals surface area contributed by atoms with Crippen molar-refractivity contribution in [2.45, 2.75) is 61.5 Å². The van der Waals surface area contributed by atoms with E-state index in [1.807, 2.05) is 97.9 Å². The first-order valence-corrected chi connectivity index (χ1v) is 15.7. The second-order valence-corrected chi connectivity index (χ2v) is 13.9. The number of carbonyl (C=O) groups excluding carboxylic acids is 3. The minimum Gasteiger partial charge on any atom is -0.382 e. The first-order valence-electron chi connectivity index (χ1n) is 15.7. The van der Waals surface area contributed by atoms with Gasteiger partial charge in [0.05, 0.1) is 29.2 Å². The number of hydrogen-bond acceptors (Lipinski definition) is 8. The fourth-order valence-electron chi connectivity index (χ4n) is 5.21. The normalized spacial score (nSPS) is 12.4. The van der Waals surface area contributed by atoms with Gasteiger partial charge in [-0.2, -0.15) is 0 Å². The van der Waals surface area contributed by atoms with Crippen molar-refractivity contribution < 1.29 is 19.5 Å². The number of Topliss-reactive ketones (excluding diaryl/α,β-unsaturated/α-hetero) is 2. The molecule has 48 heavy (non-hydrogen) atoms. The molecule has 2 aromatic carbocycles. The molecule has 0 fully saturated rings. The zero-order valence-corrected chi connectivity index (χ0v) is 28.5. The molecule has 4 heterocycles. The number of hydrogen-bond donors (Lipinski definition) is 3.